The van der Waals surface area contributed by atoms with Gasteiger partial charge in [0, 0.05) is 17.4 Å². The third-order valence-electron chi connectivity index (χ3n) is 3.57. The van der Waals surface area contributed by atoms with Gasteiger partial charge >= 0.3 is 5.97 Å². The van der Waals surface area contributed by atoms with Crippen LogP contribution in [0.25, 0.3) is 0 Å². The maximum atomic E-state index is 12.3. The summed E-state index contributed by atoms with van der Waals surface area (Å²) in [5.41, 5.74) is -0.613. The predicted octanol–water partition coefficient (Wildman–Crippen LogP) is 0.973. The molecule has 0 aromatic heterocycles. The zero-order valence-corrected chi connectivity index (χ0v) is 13.6. The Morgan fingerprint density at radius 3 is 2.57 bits per heavy atom. The van der Waals surface area contributed by atoms with Gasteiger partial charge < -0.3 is 14.8 Å². The van der Waals surface area contributed by atoms with Gasteiger partial charge in [0.05, 0.1) is 7.11 Å². The number of methoxy groups -OCH3 is 1. The SMILES string of the molecule is COC(=O)C(CS)NC(=O)C1=CC(=O)C(C)(c2ccccc2)O1. The number of carbonyl (C=O) groups excluding carboxylic acids is 3. The molecule has 0 bridgehead atoms. The number of nitrogens with one attached hydrogen (secondary N) is 1. The summed E-state index contributed by atoms with van der Waals surface area (Å²) >= 11 is 3.99. The zero-order chi connectivity index (χ0) is 17.0. The second-order valence-electron chi connectivity index (χ2n) is 5.11. The monoisotopic (exact) mass is 335 g/mol. The highest BCUT2D eigenvalue weighted by Gasteiger charge is 2.43. The van der Waals surface area contributed by atoms with E-state index in [4.69, 9.17) is 4.74 Å². The molecule has 2 atom stereocenters. The summed E-state index contributed by atoms with van der Waals surface area (Å²) in [4.78, 5) is 36.0. The van der Waals surface area contributed by atoms with Gasteiger partial charge in [0.15, 0.2) is 11.4 Å². The second-order valence-corrected chi connectivity index (χ2v) is 5.47. The van der Waals surface area contributed by atoms with Crippen molar-refractivity contribution < 1.29 is 23.9 Å². The Labute approximate surface area is 139 Å². The fraction of sp³-hybridized carbons (Fsp3) is 0.312. The van der Waals surface area contributed by atoms with Gasteiger partial charge in [-0.1, -0.05) is 30.3 Å². The minimum absolute atomic E-state index is 0.0651. The third-order valence-corrected chi connectivity index (χ3v) is 3.93. The van der Waals surface area contributed by atoms with E-state index in [-0.39, 0.29) is 17.3 Å². The maximum Gasteiger partial charge on any atom is 0.329 e. The van der Waals surface area contributed by atoms with E-state index >= 15 is 0 Å². The van der Waals surface area contributed by atoms with Crippen molar-refractivity contribution in [1.29, 1.82) is 0 Å². The summed E-state index contributed by atoms with van der Waals surface area (Å²) in [5, 5.41) is 2.43. The standard InChI is InChI=1S/C16H17NO5S/c1-16(10-6-4-3-5-7-10)13(18)8-12(22-16)14(19)17-11(9-23)15(20)21-2/h3-8,11,23H,9H2,1-2H3,(H,17,19). The molecule has 2 rings (SSSR count). The molecule has 1 aromatic carbocycles. The summed E-state index contributed by atoms with van der Waals surface area (Å²) < 4.78 is 10.2. The van der Waals surface area contributed by atoms with E-state index in [2.05, 4.69) is 22.7 Å². The van der Waals surface area contributed by atoms with Crippen LogP contribution in [0.15, 0.2) is 42.2 Å². The lowest BCUT2D eigenvalue weighted by Crippen LogP contribution is -2.43. The number of hydrogen-bond donors (Lipinski definition) is 2. The van der Waals surface area contributed by atoms with Crippen molar-refractivity contribution in [2.45, 2.75) is 18.6 Å². The van der Waals surface area contributed by atoms with E-state index in [1.165, 1.54) is 7.11 Å². The molecule has 1 aliphatic heterocycles. The molecule has 0 radical (unpaired) electrons. The molecule has 0 fully saturated rings. The fourth-order valence-electron chi connectivity index (χ4n) is 2.18. The van der Waals surface area contributed by atoms with Crippen LogP contribution in [0.3, 0.4) is 0 Å². The normalized spacial score (nSPS) is 21.2. The largest absolute Gasteiger partial charge is 0.469 e. The Balaban J connectivity index is 2.14. The average Bonchev–Trinajstić information content (AvgIpc) is 2.89. The predicted molar refractivity (Wildman–Crippen MR) is 85.8 cm³/mol. The molecular weight excluding hydrogens is 318 g/mol. The van der Waals surface area contributed by atoms with Crippen LogP contribution < -0.4 is 5.32 Å². The first kappa shape index (κ1) is 17.1. The van der Waals surface area contributed by atoms with Gasteiger partial charge in [0.25, 0.3) is 5.91 Å². The maximum absolute atomic E-state index is 12.3. The van der Waals surface area contributed by atoms with Crippen LogP contribution in [-0.4, -0.2) is 36.6 Å². The molecule has 1 heterocycles. The topological polar surface area (TPSA) is 81.7 Å². The fourth-order valence-corrected chi connectivity index (χ4v) is 2.42. The van der Waals surface area contributed by atoms with Crippen LogP contribution in [-0.2, 0) is 29.5 Å². The van der Waals surface area contributed by atoms with E-state index in [1.807, 2.05) is 6.07 Å². The number of esters is 1. The number of carbonyl (C=O) groups is 3. The van der Waals surface area contributed by atoms with E-state index in [0.29, 0.717) is 5.56 Å². The number of thiol groups is 1. The van der Waals surface area contributed by atoms with Gasteiger partial charge in [-0.05, 0) is 6.92 Å². The molecule has 1 amide bonds. The summed E-state index contributed by atoms with van der Waals surface area (Å²) in [6, 6.07) is 7.96. The van der Waals surface area contributed by atoms with Crippen LogP contribution in [0, 0.1) is 0 Å². The molecule has 0 aliphatic carbocycles. The van der Waals surface area contributed by atoms with Crippen molar-refractivity contribution in [1.82, 2.24) is 5.32 Å². The molecular formula is C16H17NO5S. The Bertz CT molecular complexity index is 658. The molecule has 1 aliphatic rings. The Hall–Kier alpha value is -2.28. The van der Waals surface area contributed by atoms with Crippen LogP contribution in [0.2, 0.25) is 0 Å². The molecule has 2 unspecified atom stereocenters. The third kappa shape index (κ3) is 3.39. The molecule has 7 heteroatoms. The van der Waals surface area contributed by atoms with Crippen molar-refractivity contribution in [3.63, 3.8) is 0 Å². The molecule has 0 saturated heterocycles. The van der Waals surface area contributed by atoms with E-state index in [0.717, 1.165) is 6.08 Å². The highest BCUT2D eigenvalue weighted by atomic mass is 32.1. The zero-order valence-electron chi connectivity index (χ0n) is 12.7. The summed E-state index contributed by atoms with van der Waals surface area (Å²) in [5.74, 6) is -1.70. The van der Waals surface area contributed by atoms with Gasteiger partial charge in [-0.3, -0.25) is 9.59 Å². The highest BCUT2D eigenvalue weighted by Crippen LogP contribution is 2.34. The molecule has 1 aromatic rings. The number of hydrogen-bond acceptors (Lipinski definition) is 6. The van der Waals surface area contributed by atoms with Crippen molar-refractivity contribution in [3.8, 4) is 0 Å². The minimum atomic E-state index is -1.25. The summed E-state index contributed by atoms with van der Waals surface area (Å²) in [6.07, 6.45) is 1.13. The van der Waals surface area contributed by atoms with Gasteiger partial charge in [0.2, 0.25) is 5.78 Å². The summed E-state index contributed by atoms with van der Waals surface area (Å²) in [7, 11) is 1.21. The quantitative estimate of drug-likeness (QED) is 0.619. The van der Waals surface area contributed by atoms with Crippen LogP contribution in [0.5, 0.6) is 0 Å². The van der Waals surface area contributed by atoms with Crippen molar-refractivity contribution in [2.75, 3.05) is 12.9 Å². The van der Waals surface area contributed by atoms with Gasteiger partial charge in [-0.2, -0.15) is 12.6 Å². The van der Waals surface area contributed by atoms with E-state index in [9.17, 15) is 14.4 Å². The first-order chi connectivity index (χ1) is 10.9. The summed E-state index contributed by atoms with van der Waals surface area (Å²) in [6.45, 7) is 1.60. The number of ketones is 1. The number of benzene rings is 1. The smallest absolute Gasteiger partial charge is 0.329 e. The van der Waals surface area contributed by atoms with Crippen LogP contribution in [0.4, 0.5) is 0 Å². The van der Waals surface area contributed by atoms with Crippen molar-refractivity contribution in [2.24, 2.45) is 0 Å². The average molecular weight is 335 g/mol. The lowest BCUT2D eigenvalue weighted by molar-refractivity contribution is -0.144. The van der Waals surface area contributed by atoms with Crippen LogP contribution >= 0.6 is 12.6 Å². The minimum Gasteiger partial charge on any atom is -0.469 e. The van der Waals surface area contributed by atoms with E-state index in [1.54, 1.807) is 31.2 Å². The Morgan fingerprint density at radius 1 is 1.35 bits per heavy atom. The Morgan fingerprint density at radius 2 is 2.00 bits per heavy atom. The molecule has 6 nitrogen and oxygen atoms in total. The van der Waals surface area contributed by atoms with E-state index < -0.39 is 23.5 Å². The molecule has 0 saturated carbocycles. The van der Waals surface area contributed by atoms with Crippen LogP contribution in [0.1, 0.15) is 12.5 Å². The lowest BCUT2D eigenvalue weighted by atomic mass is 9.92. The number of ether oxygens (including phenoxy) is 2. The number of rotatable bonds is 5. The molecule has 122 valence electrons. The first-order valence-corrected chi connectivity index (χ1v) is 7.56. The van der Waals surface area contributed by atoms with Gasteiger partial charge in [-0.15, -0.1) is 0 Å². The second kappa shape index (κ2) is 6.87. The highest BCUT2D eigenvalue weighted by molar-refractivity contribution is 7.80. The van der Waals surface area contributed by atoms with Gasteiger partial charge in [-0.25, -0.2) is 4.79 Å². The molecule has 0 spiro atoms. The van der Waals surface area contributed by atoms with Gasteiger partial charge in [0.1, 0.15) is 6.04 Å². The Kier molecular flexibility index (Phi) is 5.10. The lowest BCUT2D eigenvalue weighted by Gasteiger charge is -2.24. The molecule has 1 N–H and O–H groups in total. The number of amides is 1. The first-order valence-electron chi connectivity index (χ1n) is 6.92. The van der Waals surface area contributed by atoms with Crippen molar-refractivity contribution in [3.05, 3.63) is 47.7 Å². The van der Waals surface area contributed by atoms with Crippen molar-refractivity contribution >= 4 is 30.3 Å². The molecule has 23 heavy (non-hydrogen) atoms.